The number of nitrogens with one attached hydrogen (secondary N) is 2. The summed E-state index contributed by atoms with van der Waals surface area (Å²) in [6.07, 6.45) is 2.60. The van der Waals surface area contributed by atoms with Crippen LogP contribution in [0.2, 0.25) is 5.02 Å². The summed E-state index contributed by atoms with van der Waals surface area (Å²) in [5.41, 5.74) is 7.69. The fourth-order valence-corrected chi connectivity index (χ4v) is 5.40. The van der Waals surface area contributed by atoms with Crippen LogP contribution in [0.3, 0.4) is 0 Å². The number of nitrogens with two attached hydrogens (primary N) is 1. The van der Waals surface area contributed by atoms with Crippen molar-refractivity contribution in [3.8, 4) is 17.3 Å². The highest BCUT2D eigenvalue weighted by atomic mass is 35.5. The first-order chi connectivity index (χ1) is 19.5. The molecule has 4 N–H and O–H groups in total. The number of pyridine rings is 1. The summed E-state index contributed by atoms with van der Waals surface area (Å²) in [6, 6.07) is 12.3. The lowest BCUT2D eigenvalue weighted by atomic mass is 10.1. The van der Waals surface area contributed by atoms with E-state index < -0.39 is 34.1 Å². The van der Waals surface area contributed by atoms with Crippen molar-refractivity contribution in [2.24, 2.45) is 0 Å². The molecule has 0 atom stereocenters. The number of ether oxygens (including phenoxy) is 1. The Balaban J connectivity index is 1.39. The van der Waals surface area contributed by atoms with Crippen molar-refractivity contribution in [1.82, 2.24) is 19.7 Å². The molecule has 5 aromatic rings. The molecule has 41 heavy (non-hydrogen) atoms. The Labute approximate surface area is 238 Å². The molecule has 0 saturated carbocycles. The van der Waals surface area contributed by atoms with E-state index in [2.05, 4.69) is 19.8 Å². The van der Waals surface area contributed by atoms with E-state index in [4.69, 9.17) is 22.1 Å². The van der Waals surface area contributed by atoms with Crippen LogP contribution in [0.4, 0.5) is 20.3 Å². The van der Waals surface area contributed by atoms with Crippen molar-refractivity contribution < 1.29 is 26.7 Å². The van der Waals surface area contributed by atoms with Crippen LogP contribution in [-0.2, 0) is 10.0 Å². The van der Waals surface area contributed by atoms with Crippen molar-refractivity contribution in [2.75, 3.05) is 22.9 Å². The minimum absolute atomic E-state index is 0.0505. The molecule has 0 aliphatic heterocycles. The van der Waals surface area contributed by atoms with E-state index in [0.717, 1.165) is 6.07 Å². The van der Waals surface area contributed by atoms with E-state index in [0.29, 0.717) is 38.8 Å². The normalized spacial score (nSPS) is 11.6. The van der Waals surface area contributed by atoms with Gasteiger partial charge in [-0.15, -0.1) is 0 Å². The average molecular weight is 601 g/mol. The van der Waals surface area contributed by atoms with Gasteiger partial charge in [-0.1, -0.05) is 17.7 Å². The second-order valence-corrected chi connectivity index (χ2v) is 11.4. The quantitative estimate of drug-likeness (QED) is 0.178. The first-order valence-corrected chi connectivity index (χ1v) is 14.2. The predicted octanol–water partition coefficient (Wildman–Crippen LogP) is 5.56. The number of carbonyl (C=O) groups is 1. The number of ketones is 1. The number of aromatic amines is 1. The highest BCUT2D eigenvalue weighted by Gasteiger charge is 2.22. The van der Waals surface area contributed by atoms with E-state index in [1.165, 1.54) is 29.2 Å². The van der Waals surface area contributed by atoms with Crippen LogP contribution in [0, 0.1) is 12.7 Å². The third-order valence-corrected chi connectivity index (χ3v) is 7.71. The molecule has 0 radical (unpaired) electrons. The molecule has 10 nitrogen and oxygen atoms in total. The van der Waals surface area contributed by atoms with Crippen LogP contribution < -0.4 is 15.2 Å². The Hall–Kier alpha value is -4.49. The second-order valence-electron chi connectivity index (χ2n) is 9.12. The van der Waals surface area contributed by atoms with E-state index in [9.17, 15) is 22.0 Å². The van der Waals surface area contributed by atoms with Gasteiger partial charge >= 0.3 is 0 Å². The Kier molecular flexibility index (Phi) is 7.65. The maximum Gasteiger partial charge on any atom is 0.232 e. The summed E-state index contributed by atoms with van der Waals surface area (Å²) >= 11 is 6.00. The summed E-state index contributed by atoms with van der Waals surface area (Å²) in [5.74, 6) is -0.965. The molecule has 0 aliphatic carbocycles. The standard InChI is InChI=1S/C27H23ClF2N6O4S/c1-15-8-25(40-18-5-2-4-17(28)11-18)32-14-24(15)36-27(31)19(13-33-36)26(37)23-10-16-9-20(30)22(12-21(16)34-23)35-41(38,39)7-3-6-29/h2,4-5,8-14,34-35H,3,6-7,31H2,1H3. The molecule has 0 bridgehead atoms. The van der Waals surface area contributed by atoms with E-state index >= 15 is 0 Å². The van der Waals surface area contributed by atoms with Gasteiger partial charge < -0.3 is 15.5 Å². The Morgan fingerprint density at radius 1 is 1.20 bits per heavy atom. The molecule has 2 aromatic carbocycles. The Morgan fingerprint density at radius 3 is 2.73 bits per heavy atom. The molecule has 3 heterocycles. The van der Waals surface area contributed by atoms with Gasteiger partial charge in [-0.3, -0.25) is 13.9 Å². The number of hydrogen-bond donors (Lipinski definition) is 3. The molecule has 212 valence electrons. The first-order valence-electron chi connectivity index (χ1n) is 12.2. The van der Waals surface area contributed by atoms with Gasteiger partial charge in [0.1, 0.15) is 17.4 Å². The maximum absolute atomic E-state index is 14.6. The fourth-order valence-electron chi connectivity index (χ4n) is 4.14. The van der Waals surface area contributed by atoms with Crippen LogP contribution in [0.15, 0.2) is 60.9 Å². The largest absolute Gasteiger partial charge is 0.439 e. The minimum Gasteiger partial charge on any atom is -0.439 e. The number of sulfonamides is 1. The molecule has 0 spiro atoms. The summed E-state index contributed by atoms with van der Waals surface area (Å²) in [4.78, 5) is 20.5. The van der Waals surface area contributed by atoms with Crippen LogP contribution in [0.25, 0.3) is 16.6 Å². The summed E-state index contributed by atoms with van der Waals surface area (Å²) < 4.78 is 60.4. The topological polar surface area (TPSA) is 145 Å². The predicted molar refractivity (Wildman–Crippen MR) is 152 cm³/mol. The highest BCUT2D eigenvalue weighted by Crippen LogP contribution is 2.29. The smallest absolute Gasteiger partial charge is 0.232 e. The molecule has 0 amide bonds. The molecule has 14 heteroatoms. The van der Waals surface area contributed by atoms with E-state index in [-0.39, 0.29) is 29.2 Å². The highest BCUT2D eigenvalue weighted by molar-refractivity contribution is 7.92. The number of carbonyl (C=O) groups excluding carboxylic acids is 1. The number of rotatable bonds is 10. The van der Waals surface area contributed by atoms with Gasteiger partial charge in [0, 0.05) is 22.0 Å². The summed E-state index contributed by atoms with van der Waals surface area (Å²) in [6.45, 7) is 0.990. The lowest BCUT2D eigenvalue weighted by molar-refractivity contribution is 0.103. The average Bonchev–Trinajstić information content (AvgIpc) is 3.50. The van der Waals surface area contributed by atoms with Crippen LogP contribution >= 0.6 is 11.6 Å². The number of hydrogen-bond acceptors (Lipinski definition) is 7. The van der Waals surface area contributed by atoms with Crippen LogP contribution in [0.1, 0.15) is 28.0 Å². The Bertz CT molecular complexity index is 1890. The molecular formula is C27H23ClF2N6O4S. The number of aryl methyl sites for hydroxylation is 1. The zero-order valence-electron chi connectivity index (χ0n) is 21.5. The first kappa shape index (κ1) is 28.1. The zero-order chi connectivity index (χ0) is 29.3. The SMILES string of the molecule is Cc1cc(Oc2cccc(Cl)c2)ncc1-n1ncc(C(=O)c2cc3cc(F)c(NS(=O)(=O)CCCF)cc3[nH]2)c1N. The Morgan fingerprint density at radius 2 is 2.00 bits per heavy atom. The number of anilines is 2. The monoisotopic (exact) mass is 600 g/mol. The van der Waals surface area contributed by atoms with Crippen molar-refractivity contribution in [1.29, 1.82) is 0 Å². The van der Waals surface area contributed by atoms with Crippen molar-refractivity contribution in [2.45, 2.75) is 13.3 Å². The van der Waals surface area contributed by atoms with Crippen molar-refractivity contribution >= 4 is 49.8 Å². The number of H-pyrrole nitrogens is 1. The number of fused-ring (bicyclic) bond motifs is 1. The third kappa shape index (κ3) is 6.00. The van der Waals surface area contributed by atoms with Gasteiger partial charge in [0.05, 0.1) is 47.5 Å². The zero-order valence-corrected chi connectivity index (χ0v) is 23.1. The summed E-state index contributed by atoms with van der Waals surface area (Å²) in [7, 11) is -3.95. The number of nitrogen functional groups attached to an aromatic ring is 1. The molecule has 0 unspecified atom stereocenters. The van der Waals surface area contributed by atoms with Crippen LogP contribution in [0.5, 0.6) is 11.6 Å². The molecule has 3 aromatic heterocycles. The van der Waals surface area contributed by atoms with Gasteiger partial charge in [-0.05, 0) is 55.3 Å². The van der Waals surface area contributed by atoms with E-state index in [1.807, 2.05) is 0 Å². The van der Waals surface area contributed by atoms with Crippen molar-refractivity contribution in [3.63, 3.8) is 0 Å². The number of halogens is 3. The fraction of sp³-hybridized carbons (Fsp3) is 0.148. The lowest BCUT2D eigenvalue weighted by Crippen LogP contribution is -2.17. The van der Waals surface area contributed by atoms with Crippen molar-refractivity contribution in [3.05, 3.63) is 88.6 Å². The van der Waals surface area contributed by atoms with Gasteiger partial charge in [0.15, 0.2) is 0 Å². The second kappa shape index (κ2) is 11.2. The van der Waals surface area contributed by atoms with Gasteiger partial charge in [-0.2, -0.15) is 5.10 Å². The van der Waals surface area contributed by atoms with E-state index in [1.54, 1.807) is 37.3 Å². The summed E-state index contributed by atoms with van der Waals surface area (Å²) in [5, 5.41) is 5.11. The van der Waals surface area contributed by atoms with Gasteiger partial charge in [-0.25, -0.2) is 22.5 Å². The van der Waals surface area contributed by atoms with Crippen LogP contribution in [-0.4, -0.2) is 46.4 Å². The number of benzene rings is 2. The molecular weight excluding hydrogens is 578 g/mol. The molecule has 5 rings (SSSR count). The lowest BCUT2D eigenvalue weighted by Gasteiger charge is -2.10. The number of aromatic nitrogens is 4. The van der Waals surface area contributed by atoms with Gasteiger partial charge in [0.2, 0.25) is 21.7 Å². The molecule has 0 aliphatic rings. The minimum atomic E-state index is -3.95. The van der Waals surface area contributed by atoms with Gasteiger partial charge in [0.25, 0.3) is 0 Å². The third-order valence-electron chi connectivity index (χ3n) is 6.12. The molecule has 0 saturated heterocycles. The maximum atomic E-state index is 14.6. The number of alkyl halides is 1. The molecule has 0 fully saturated rings. The number of nitrogens with zero attached hydrogens (tertiary/aromatic N) is 3.